The maximum atomic E-state index is 13.8. The van der Waals surface area contributed by atoms with E-state index in [0.717, 1.165) is 51.6 Å². The lowest BCUT2D eigenvalue weighted by molar-refractivity contribution is -0.158. The summed E-state index contributed by atoms with van der Waals surface area (Å²) in [5, 5.41) is 20.8. The van der Waals surface area contributed by atoms with Crippen LogP contribution < -0.4 is 10.6 Å². The van der Waals surface area contributed by atoms with Gasteiger partial charge >= 0.3 is 5.97 Å². The second kappa shape index (κ2) is 7.36. The molecule has 3 N–H and O–H groups in total. The molecule has 30 heavy (non-hydrogen) atoms. The van der Waals surface area contributed by atoms with Crippen LogP contribution in [0.25, 0.3) is 0 Å². The van der Waals surface area contributed by atoms with Crippen LogP contribution in [0, 0.1) is 41.4 Å². The molecule has 164 valence electrons. The number of piperidine rings is 1. The molecule has 7 nitrogen and oxygen atoms in total. The Hall–Kier alpha value is -1.89. The molecule has 5 rings (SSSR count). The first kappa shape index (κ1) is 20.0. The minimum Gasteiger partial charge on any atom is -0.481 e. The van der Waals surface area contributed by atoms with E-state index in [-0.39, 0.29) is 23.2 Å². The number of carbonyl (C=O) groups is 2. The molecule has 5 atom stereocenters. The number of nitrogens with zero attached hydrogens (tertiary/aromatic N) is 1. The van der Waals surface area contributed by atoms with Crippen LogP contribution in [-0.2, 0) is 16.1 Å². The van der Waals surface area contributed by atoms with E-state index in [9.17, 15) is 14.7 Å². The molecule has 3 aliphatic carbocycles. The Kier molecular flexibility index (Phi) is 4.92. The number of hydrogen-bond donors (Lipinski definition) is 3. The zero-order valence-electron chi connectivity index (χ0n) is 17.8. The van der Waals surface area contributed by atoms with Gasteiger partial charge in [-0.1, -0.05) is 5.16 Å². The lowest BCUT2D eigenvalue weighted by atomic mass is 9.61. The first-order valence-electron chi connectivity index (χ1n) is 11.6. The van der Waals surface area contributed by atoms with Crippen LogP contribution in [-0.4, -0.2) is 35.2 Å². The number of amides is 1. The van der Waals surface area contributed by atoms with E-state index >= 15 is 0 Å². The highest BCUT2D eigenvalue weighted by Crippen LogP contribution is 2.79. The van der Waals surface area contributed by atoms with Gasteiger partial charge in [-0.25, -0.2) is 0 Å². The molecule has 2 heterocycles. The summed E-state index contributed by atoms with van der Waals surface area (Å²) in [5.41, 5.74) is 0.000567. The van der Waals surface area contributed by atoms with Gasteiger partial charge in [0, 0.05) is 6.07 Å². The number of aromatic nitrogens is 1. The largest absolute Gasteiger partial charge is 0.481 e. The standard InChI is InChI=1S/C23H33N3O4/c1-14-11-16(26-30-14)13-25-21(29)23(7-6-15-3-2-10-24-12-15)18-5-4-17(19(23)20(27)28)22(18)8-9-22/h11,15,17-19,24H,2-10,12-13H2,1H3,(H,25,29)(H,27,28)/t15?,17-,18+,19+,23-/m1/s1. The summed E-state index contributed by atoms with van der Waals surface area (Å²) in [7, 11) is 0. The predicted octanol–water partition coefficient (Wildman–Crippen LogP) is 2.89. The van der Waals surface area contributed by atoms with Crippen LogP contribution in [0.15, 0.2) is 10.6 Å². The fourth-order valence-electron chi connectivity index (χ4n) is 7.47. The lowest BCUT2D eigenvalue weighted by Crippen LogP contribution is -2.52. The van der Waals surface area contributed by atoms with Crippen molar-refractivity contribution >= 4 is 11.9 Å². The molecule has 4 aliphatic rings. The van der Waals surface area contributed by atoms with E-state index < -0.39 is 17.3 Å². The van der Waals surface area contributed by atoms with Gasteiger partial charge in [-0.15, -0.1) is 0 Å². The fourth-order valence-corrected chi connectivity index (χ4v) is 7.47. The number of carboxylic acids is 1. The topological polar surface area (TPSA) is 104 Å². The third-order valence-electron chi connectivity index (χ3n) is 8.77. The zero-order valence-corrected chi connectivity index (χ0v) is 17.8. The van der Waals surface area contributed by atoms with E-state index in [4.69, 9.17) is 4.52 Å². The summed E-state index contributed by atoms with van der Waals surface area (Å²) < 4.78 is 5.12. The van der Waals surface area contributed by atoms with Crippen molar-refractivity contribution in [2.75, 3.05) is 13.1 Å². The molecule has 0 radical (unpaired) electrons. The molecule has 4 fully saturated rings. The Morgan fingerprint density at radius 2 is 2.17 bits per heavy atom. The van der Waals surface area contributed by atoms with Gasteiger partial charge in [0.15, 0.2) is 0 Å². The van der Waals surface area contributed by atoms with Crippen LogP contribution in [0.3, 0.4) is 0 Å². The highest BCUT2D eigenvalue weighted by Gasteiger charge is 2.77. The molecule has 1 saturated heterocycles. The SMILES string of the molecule is Cc1cc(CNC(=O)[C@@]2(CCC3CCCNC3)[C@H](C(=O)O)[C@H]3CC[C@H]2C32CC2)no1. The van der Waals surface area contributed by atoms with Crippen LogP contribution in [0.4, 0.5) is 0 Å². The monoisotopic (exact) mass is 415 g/mol. The van der Waals surface area contributed by atoms with Gasteiger partial charge in [0.25, 0.3) is 0 Å². The number of hydrogen-bond acceptors (Lipinski definition) is 5. The number of aryl methyl sites for hydroxylation is 1. The van der Waals surface area contributed by atoms with Crippen LogP contribution in [0.5, 0.6) is 0 Å². The number of nitrogens with one attached hydrogen (secondary N) is 2. The first-order valence-corrected chi connectivity index (χ1v) is 11.6. The molecule has 1 unspecified atom stereocenters. The van der Waals surface area contributed by atoms with Crippen molar-refractivity contribution in [2.45, 2.75) is 64.8 Å². The lowest BCUT2D eigenvalue weighted by Gasteiger charge is -2.42. The summed E-state index contributed by atoms with van der Waals surface area (Å²) >= 11 is 0. The van der Waals surface area contributed by atoms with E-state index in [2.05, 4.69) is 15.8 Å². The summed E-state index contributed by atoms with van der Waals surface area (Å²) in [6.07, 6.45) is 8.07. The van der Waals surface area contributed by atoms with E-state index in [1.807, 2.05) is 13.0 Å². The van der Waals surface area contributed by atoms with Gasteiger partial charge in [0.1, 0.15) is 11.5 Å². The Labute approximate surface area is 177 Å². The highest BCUT2D eigenvalue weighted by molar-refractivity contribution is 5.90. The second-order valence-corrected chi connectivity index (χ2v) is 10.2. The minimum absolute atomic E-state index is 0.0715. The second-order valence-electron chi connectivity index (χ2n) is 10.2. The number of aliphatic carboxylic acids is 1. The van der Waals surface area contributed by atoms with Gasteiger partial charge in [0.2, 0.25) is 5.91 Å². The third-order valence-corrected chi connectivity index (χ3v) is 8.77. The van der Waals surface area contributed by atoms with Crippen molar-refractivity contribution in [1.29, 1.82) is 0 Å². The van der Waals surface area contributed by atoms with E-state index in [1.54, 1.807) is 0 Å². The van der Waals surface area contributed by atoms with E-state index in [1.165, 1.54) is 6.42 Å². The highest BCUT2D eigenvalue weighted by atomic mass is 16.5. The quantitative estimate of drug-likeness (QED) is 0.633. The van der Waals surface area contributed by atoms with Gasteiger partial charge in [-0.05, 0) is 94.5 Å². The number of rotatable bonds is 7. The maximum absolute atomic E-state index is 13.8. The average molecular weight is 416 g/mol. The van der Waals surface area contributed by atoms with Crippen molar-refractivity contribution in [1.82, 2.24) is 15.8 Å². The Morgan fingerprint density at radius 3 is 2.80 bits per heavy atom. The molecule has 1 aromatic rings. The predicted molar refractivity (Wildman–Crippen MR) is 109 cm³/mol. The van der Waals surface area contributed by atoms with Gasteiger partial charge < -0.3 is 20.3 Å². The van der Waals surface area contributed by atoms with Crippen LogP contribution in [0.1, 0.15) is 62.8 Å². The minimum atomic E-state index is -0.790. The summed E-state index contributed by atoms with van der Waals surface area (Å²) in [5.74, 6) is 0.190. The van der Waals surface area contributed by atoms with Crippen molar-refractivity contribution in [3.63, 3.8) is 0 Å². The molecule has 0 aromatic carbocycles. The average Bonchev–Trinajstić information content (AvgIpc) is 3.23. The molecule has 7 heteroatoms. The molecular weight excluding hydrogens is 382 g/mol. The molecule has 3 saturated carbocycles. The summed E-state index contributed by atoms with van der Waals surface area (Å²) in [4.78, 5) is 26.3. The fraction of sp³-hybridized carbons (Fsp3) is 0.783. The van der Waals surface area contributed by atoms with Gasteiger partial charge in [0.05, 0.1) is 17.9 Å². The van der Waals surface area contributed by atoms with Crippen molar-refractivity contribution in [2.24, 2.45) is 34.5 Å². The van der Waals surface area contributed by atoms with Crippen molar-refractivity contribution in [3.8, 4) is 0 Å². The molecule has 1 spiro atoms. The van der Waals surface area contributed by atoms with Crippen molar-refractivity contribution in [3.05, 3.63) is 17.5 Å². The van der Waals surface area contributed by atoms with Gasteiger partial charge in [-0.3, -0.25) is 9.59 Å². The van der Waals surface area contributed by atoms with E-state index in [0.29, 0.717) is 30.3 Å². The third kappa shape index (κ3) is 3.00. The first-order chi connectivity index (χ1) is 14.5. The summed E-state index contributed by atoms with van der Waals surface area (Å²) in [6.45, 7) is 4.16. The Bertz CT molecular complexity index is 826. The zero-order chi connectivity index (χ0) is 20.9. The van der Waals surface area contributed by atoms with Crippen LogP contribution in [0.2, 0.25) is 0 Å². The maximum Gasteiger partial charge on any atom is 0.307 e. The molecular formula is C23H33N3O4. The Morgan fingerprint density at radius 1 is 1.33 bits per heavy atom. The molecule has 1 aromatic heterocycles. The number of carbonyl (C=O) groups excluding carboxylic acids is 1. The molecule has 1 amide bonds. The van der Waals surface area contributed by atoms with Crippen LogP contribution >= 0.6 is 0 Å². The smallest absolute Gasteiger partial charge is 0.307 e. The Balaban J connectivity index is 1.42. The number of carboxylic acid groups (broad SMARTS) is 1. The summed E-state index contributed by atoms with van der Waals surface area (Å²) in [6, 6.07) is 1.82. The molecule has 1 aliphatic heterocycles. The van der Waals surface area contributed by atoms with Gasteiger partial charge in [-0.2, -0.15) is 0 Å². The van der Waals surface area contributed by atoms with Crippen molar-refractivity contribution < 1.29 is 19.2 Å². The normalized spacial score (nSPS) is 36.2. The molecule has 2 bridgehead atoms.